The van der Waals surface area contributed by atoms with Gasteiger partial charge in [-0.05, 0) is 88.3 Å². The quantitative estimate of drug-likeness (QED) is 0.166. The van der Waals surface area contributed by atoms with Crippen molar-refractivity contribution < 1.29 is 14.0 Å². The molecule has 0 aliphatic heterocycles. The largest absolute Gasteiger partial charge is 0.402 e. The zero-order valence-corrected chi connectivity index (χ0v) is 24.8. The van der Waals surface area contributed by atoms with Gasteiger partial charge in [0.15, 0.2) is 0 Å². The van der Waals surface area contributed by atoms with Crippen LogP contribution in [-0.4, -0.2) is 22.0 Å². The van der Waals surface area contributed by atoms with E-state index in [1.54, 1.807) is 38.1 Å². The summed E-state index contributed by atoms with van der Waals surface area (Å²) in [6.07, 6.45) is 11.5. The van der Waals surface area contributed by atoms with Gasteiger partial charge in [0.1, 0.15) is 16.6 Å². The van der Waals surface area contributed by atoms with Gasteiger partial charge in [0.05, 0.1) is 12.3 Å². The van der Waals surface area contributed by atoms with Crippen molar-refractivity contribution in [3.8, 4) is 0 Å². The lowest BCUT2D eigenvalue weighted by atomic mass is 9.98. The van der Waals surface area contributed by atoms with Crippen molar-refractivity contribution in [1.29, 1.82) is 0 Å². The van der Waals surface area contributed by atoms with Gasteiger partial charge in [-0.1, -0.05) is 48.1 Å². The van der Waals surface area contributed by atoms with Gasteiger partial charge in [-0.2, -0.15) is 0 Å². The molecule has 8 nitrogen and oxygen atoms in total. The van der Waals surface area contributed by atoms with Crippen LogP contribution in [0.2, 0.25) is 0 Å². The minimum Gasteiger partial charge on any atom is -0.402 e. The molecule has 0 saturated carbocycles. The number of carbonyl (C=O) groups is 2. The number of aryl methyl sites for hydroxylation is 2. The van der Waals surface area contributed by atoms with Gasteiger partial charge in [0.2, 0.25) is 16.9 Å². The average Bonchev–Trinajstić information content (AvgIpc) is 3.37. The van der Waals surface area contributed by atoms with Crippen molar-refractivity contribution in [2.75, 3.05) is 5.32 Å². The van der Waals surface area contributed by atoms with Gasteiger partial charge in [0.25, 0.3) is 0 Å². The summed E-state index contributed by atoms with van der Waals surface area (Å²) < 4.78 is 13.5. The van der Waals surface area contributed by atoms with Crippen LogP contribution in [0.3, 0.4) is 0 Å². The summed E-state index contributed by atoms with van der Waals surface area (Å²) in [4.78, 5) is 24.9. The molecule has 40 heavy (non-hydrogen) atoms. The van der Waals surface area contributed by atoms with Gasteiger partial charge in [-0.3, -0.25) is 9.59 Å². The molecule has 6 N–H and O–H groups in total. The number of unbranched alkanes of at least 4 members (excludes halogenated alkanes) is 1. The highest BCUT2D eigenvalue weighted by Crippen LogP contribution is 2.23. The van der Waals surface area contributed by atoms with Crippen LogP contribution in [0.25, 0.3) is 0 Å². The highest BCUT2D eigenvalue weighted by Gasteiger charge is 2.18. The van der Waals surface area contributed by atoms with Crippen molar-refractivity contribution >= 4 is 28.3 Å². The molecule has 0 saturated heterocycles. The Balaban J connectivity index is 1.75. The number of nitrogens with zero attached hydrogens (tertiary/aromatic N) is 2. The Morgan fingerprint density at radius 2 is 1.93 bits per heavy atom. The number of amides is 2. The third-order valence-electron chi connectivity index (χ3n) is 6.36. The molecule has 1 unspecified atom stereocenters. The topological polar surface area (TPSA) is 136 Å². The first-order valence-corrected chi connectivity index (χ1v) is 14.3. The standard InChI is InChI=1S/C30H41FN6O2S/c1-6-19(3)16-22(7-2)18-27(38)34-26(33)15-13-24(32)10-8-9-11-28-36-37-30(40-28)35-29(39)21(5)23-12-14-25(31)20(4)17-23/h7,12-17,21H,6,8-11,18,32-33H2,1-5H3,(H,34,38)(H,35,37,39)/b19-16+,22-7+,24-13-,26-15+. The third-order valence-corrected chi connectivity index (χ3v) is 7.26. The Morgan fingerprint density at radius 1 is 1.18 bits per heavy atom. The summed E-state index contributed by atoms with van der Waals surface area (Å²) in [6.45, 7) is 9.46. The minimum atomic E-state index is -0.448. The molecule has 0 spiro atoms. The third kappa shape index (κ3) is 11.1. The number of aromatic nitrogens is 2. The molecule has 0 aliphatic rings. The van der Waals surface area contributed by atoms with Crippen LogP contribution < -0.4 is 22.1 Å². The molecule has 0 bridgehead atoms. The SMILES string of the molecule is C/C=C(\C=C(/C)CC)CC(=O)N/C(N)=C/C=C(\N)CCCCc1nnc(NC(=O)C(C)c2ccc(F)c(C)c2)s1. The van der Waals surface area contributed by atoms with Crippen LogP contribution in [0.4, 0.5) is 9.52 Å². The van der Waals surface area contributed by atoms with Gasteiger partial charge in [0, 0.05) is 12.1 Å². The number of allylic oxidation sites excluding steroid dienone is 6. The lowest BCUT2D eigenvalue weighted by Crippen LogP contribution is -2.27. The smallest absolute Gasteiger partial charge is 0.233 e. The molecule has 0 radical (unpaired) electrons. The molecule has 1 atom stereocenters. The second-order valence-corrected chi connectivity index (χ2v) is 10.8. The molecule has 1 aromatic carbocycles. The molecule has 216 valence electrons. The summed E-state index contributed by atoms with van der Waals surface area (Å²) in [5.74, 6) is -0.901. The van der Waals surface area contributed by atoms with Crippen LogP contribution in [0.5, 0.6) is 0 Å². The van der Waals surface area contributed by atoms with Crippen molar-refractivity contribution in [2.24, 2.45) is 11.5 Å². The number of nitrogens with two attached hydrogens (primary N) is 2. The first-order chi connectivity index (χ1) is 19.0. The Kier molecular flexibility index (Phi) is 13.2. The van der Waals surface area contributed by atoms with E-state index in [-0.39, 0.29) is 29.9 Å². The number of hydrogen-bond donors (Lipinski definition) is 4. The van der Waals surface area contributed by atoms with E-state index in [1.165, 1.54) is 23.0 Å². The summed E-state index contributed by atoms with van der Waals surface area (Å²) in [5, 5.41) is 15.0. The number of nitrogens with one attached hydrogen (secondary N) is 2. The van der Waals surface area contributed by atoms with Gasteiger partial charge in [-0.15, -0.1) is 10.2 Å². The Labute approximate surface area is 240 Å². The molecular formula is C30H41FN6O2S. The van der Waals surface area contributed by atoms with E-state index in [1.807, 2.05) is 26.0 Å². The maximum atomic E-state index is 13.5. The first-order valence-electron chi connectivity index (χ1n) is 13.5. The Hall–Kier alpha value is -3.79. The number of benzene rings is 1. The monoisotopic (exact) mass is 568 g/mol. The molecule has 1 heterocycles. The van der Waals surface area contributed by atoms with E-state index >= 15 is 0 Å². The maximum Gasteiger partial charge on any atom is 0.233 e. The number of halogens is 1. The second kappa shape index (κ2) is 16.3. The first kappa shape index (κ1) is 32.4. The van der Waals surface area contributed by atoms with E-state index in [0.717, 1.165) is 35.4 Å². The predicted octanol–water partition coefficient (Wildman–Crippen LogP) is 5.89. The molecule has 2 rings (SSSR count). The molecule has 2 aromatic rings. The minimum absolute atomic E-state index is 0.179. The number of anilines is 1. The lowest BCUT2D eigenvalue weighted by molar-refractivity contribution is -0.119. The van der Waals surface area contributed by atoms with Crippen molar-refractivity contribution in [3.63, 3.8) is 0 Å². The van der Waals surface area contributed by atoms with Crippen LogP contribution in [0.15, 0.2) is 65.2 Å². The summed E-state index contributed by atoms with van der Waals surface area (Å²) in [7, 11) is 0. The lowest BCUT2D eigenvalue weighted by Gasteiger charge is -2.11. The summed E-state index contributed by atoms with van der Waals surface area (Å²) in [6, 6.07) is 4.67. The fourth-order valence-corrected chi connectivity index (χ4v) is 4.46. The van der Waals surface area contributed by atoms with Crippen LogP contribution in [0, 0.1) is 12.7 Å². The average molecular weight is 569 g/mol. The van der Waals surface area contributed by atoms with Crippen LogP contribution in [0.1, 0.15) is 81.9 Å². The molecule has 0 fully saturated rings. The van der Waals surface area contributed by atoms with Gasteiger partial charge < -0.3 is 22.1 Å². The van der Waals surface area contributed by atoms with E-state index in [9.17, 15) is 14.0 Å². The Bertz CT molecular complexity index is 1290. The van der Waals surface area contributed by atoms with E-state index in [0.29, 0.717) is 29.2 Å². The number of rotatable bonds is 14. The molecule has 0 aliphatic carbocycles. The molecule has 2 amide bonds. The number of hydrogen-bond acceptors (Lipinski definition) is 7. The van der Waals surface area contributed by atoms with Crippen molar-refractivity contribution in [1.82, 2.24) is 15.5 Å². The molecule has 1 aromatic heterocycles. The Morgan fingerprint density at radius 3 is 2.60 bits per heavy atom. The maximum absolute atomic E-state index is 13.5. The van der Waals surface area contributed by atoms with E-state index in [2.05, 4.69) is 27.8 Å². The summed E-state index contributed by atoms with van der Waals surface area (Å²) >= 11 is 1.33. The summed E-state index contributed by atoms with van der Waals surface area (Å²) in [5.41, 5.74) is 16.1. The van der Waals surface area contributed by atoms with Crippen molar-refractivity contribution in [2.45, 2.75) is 79.1 Å². The highest BCUT2D eigenvalue weighted by molar-refractivity contribution is 7.15. The molecule has 10 heteroatoms. The number of carbonyl (C=O) groups excluding carboxylic acids is 2. The predicted molar refractivity (Wildman–Crippen MR) is 161 cm³/mol. The van der Waals surface area contributed by atoms with Crippen LogP contribution >= 0.6 is 11.3 Å². The van der Waals surface area contributed by atoms with E-state index < -0.39 is 5.92 Å². The van der Waals surface area contributed by atoms with Gasteiger partial charge in [-0.25, -0.2) is 4.39 Å². The second-order valence-electron chi connectivity index (χ2n) is 9.72. The fraction of sp³-hybridized carbons (Fsp3) is 0.400. The highest BCUT2D eigenvalue weighted by atomic mass is 32.1. The normalized spacial score (nSPS) is 13.8. The fourth-order valence-electron chi connectivity index (χ4n) is 3.68. The van der Waals surface area contributed by atoms with Gasteiger partial charge >= 0.3 is 0 Å². The van der Waals surface area contributed by atoms with Crippen LogP contribution in [-0.2, 0) is 16.0 Å². The zero-order chi connectivity index (χ0) is 29.7. The van der Waals surface area contributed by atoms with Crippen molar-refractivity contribution in [3.05, 3.63) is 87.1 Å². The molecular weight excluding hydrogens is 527 g/mol. The van der Waals surface area contributed by atoms with E-state index in [4.69, 9.17) is 11.5 Å². The zero-order valence-electron chi connectivity index (χ0n) is 24.0.